The van der Waals surface area contributed by atoms with Crippen molar-refractivity contribution in [3.63, 3.8) is 0 Å². The van der Waals surface area contributed by atoms with E-state index in [1.165, 1.54) is 12.8 Å². The minimum absolute atomic E-state index is 0.0204. The Morgan fingerprint density at radius 1 is 1.18 bits per heavy atom. The summed E-state index contributed by atoms with van der Waals surface area (Å²) in [5, 5.41) is 9.44. The Morgan fingerprint density at radius 3 is 2.18 bits per heavy atom. The Morgan fingerprint density at radius 2 is 1.82 bits per heavy atom. The van der Waals surface area contributed by atoms with E-state index in [1.54, 1.807) is 0 Å². The molecule has 11 heavy (non-hydrogen) atoms. The lowest BCUT2D eigenvalue weighted by atomic mass is 9.72. The molecule has 0 heterocycles. The Labute approximate surface area is 69.8 Å². The van der Waals surface area contributed by atoms with Crippen LogP contribution in [0.15, 0.2) is 0 Å². The number of hydrogen-bond acceptors (Lipinski definition) is 1. The quantitative estimate of drug-likeness (QED) is 0.571. The molecule has 0 saturated heterocycles. The maximum Gasteiger partial charge on any atom is 0.0543 e. The first kappa shape index (κ1) is 9.05. The summed E-state index contributed by atoms with van der Waals surface area (Å²) in [7, 11) is 0. The van der Waals surface area contributed by atoms with E-state index in [9.17, 15) is 5.11 Å². The van der Waals surface area contributed by atoms with Crippen LogP contribution in [0.5, 0.6) is 0 Å². The average Bonchev–Trinajstić information content (AvgIpc) is 1.86. The molecule has 0 amide bonds. The van der Waals surface area contributed by atoms with E-state index in [4.69, 9.17) is 0 Å². The van der Waals surface area contributed by atoms with Crippen LogP contribution in [0.2, 0.25) is 0 Å². The zero-order valence-electron chi connectivity index (χ0n) is 7.93. The molecule has 1 aliphatic carbocycles. The highest BCUT2D eigenvalue weighted by atomic mass is 16.3. The van der Waals surface area contributed by atoms with Gasteiger partial charge in [-0.05, 0) is 30.6 Å². The second kappa shape index (κ2) is 3.14. The highest BCUT2D eigenvalue weighted by Gasteiger charge is 2.29. The fraction of sp³-hybridized carbons (Fsp3) is 1.00. The van der Waals surface area contributed by atoms with E-state index in [2.05, 4.69) is 20.8 Å². The Bertz CT molecular complexity index is 123. The third kappa shape index (κ3) is 2.48. The van der Waals surface area contributed by atoms with Gasteiger partial charge in [0.25, 0.3) is 0 Å². The van der Waals surface area contributed by atoms with Gasteiger partial charge in [0.2, 0.25) is 0 Å². The highest BCUT2D eigenvalue weighted by Crippen LogP contribution is 2.37. The van der Waals surface area contributed by atoms with Gasteiger partial charge in [0, 0.05) is 0 Å². The topological polar surface area (TPSA) is 20.2 Å². The van der Waals surface area contributed by atoms with Crippen molar-refractivity contribution in [3.8, 4) is 0 Å². The average molecular weight is 156 g/mol. The zero-order valence-corrected chi connectivity index (χ0v) is 7.93. The van der Waals surface area contributed by atoms with E-state index < -0.39 is 0 Å². The van der Waals surface area contributed by atoms with Crippen LogP contribution < -0.4 is 0 Å². The van der Waals surface area contributed by atoms with E-state index in [-0.39, 0.29) is 6.10 Å². The molecule has 0 spiro atoms. The van der Waals surface area contributed by atoms with Gasteiger partial charge in [0.15, 0.2) is 0 Å². The minimum atomic E-state index is -0.0204. The van der Waals surface area contributed by atoms with Crippen LogP contribution in [0.1, 0.15) is 46.5 Å². The molecule has 1 aliphatic rings. The van der Waals surface area contributed by atoms with Crippen LogP contribution in [0.4, 0.5) is 0 Å². The molecule has 1 unspecified atom stereocenters. The van der Waals surface area contributed by atoms with Crippen molar-refractivity contribution in [1.29, 1.82) is 0 Å². The molecule has 2 atom stereocenters. The van der Waals surface area contributed by atoms with Crippen molar-refractivity contribution in [3.05, 3.63) is 0 Å². The van der Waals surface area contributed by atoms with Crippen molar-refractivity contribution in [2.24, 2.45) is 11.3 Å². The van der Waals surface area contributed by atoms with Gasteiger partial charge in [-0.3, -0.25) is 0 Å². The van der Waals surface area contributed by atoms with E-state index >= 15 is 0 Å². The molecule has 0 aromatic heterocycles. The summed E-state index contributed by atoms with van der Waals surface area (Å²) in [4.78, 5) is 0. The SMILES string of the molecule is CC(C)(C)[C@@H]1CCCC(O)C1. The summed E-state index contributed by atoms with van der Waals surface area (Å²) in [6.45, 7) is 6.82. The number of rotatable bonds is 0. The molecule has 0 aromatic rings. The predicted molar refractivity (Wildman–Crippen MR) is 47.4 cm³/mol. The van der Waals surface area contributed by atoms with Crippen LogP contribution in [0.25, 0.3) is 0 Å². The number of aliphatic hydroxyl groups excluding tert-OH is 1. The molecule has 0 aromatic carbocycles. The normalized spacial score (nSPS) is 33.8. The second-order valence-electron chi connectivity index (χ2n) is 4.88. The van der Waals surface area contributed by atoms with Crippen LogP contribution in [-0.4, -0.2) is 11.2 Å². The summed E-state index contributed by atoms with van der Waals surface area (Å²) in [6, 6.07) is 0. The number of aliphatic hydroxyl groups is 1. The summed E-state index contributed by atoms with van der Waals surface area (Å²) < 4.78 is 0. The lowest BCUT2D eigenvalue weighted by Crippen LogP contribution is -2.29. The molecular formula is C10H20O. The van der Waals surface area contributed by atoms with E-state index in [1.807, 2.05) is 0 Å². The first-order chi connectivity index (χ1) is 5.00. The van der Waals surface area contributed by atoms with E-state index in [0.717, 1.165) is 18.8 Å². The Hall–Kier alpha value is -0.0400. The fourth-order valence-electron chi connectivity index (χ4n) is 1.95. The second-order valence-corrected chi connectivity index (χ2v) is 4.88. The molecule has 1 nitrogen and oxygen atoms in total. The smallest absolute Gasteiger partial charge is 0.0543 e. The molecule has 0 radical (unpaired) electrons. The summed E-state index contributed by atoms with van der Waals surface area (Å²) in [5.74, 6) is 0.728. The molecule has 1 N–H and O–H groups in total. The molecule has 0 bridgehead atoms. The summed E-state index contributed by atoms with van der Waals surface area (Å²) in [6.07, 6.45) is 4.53. The predicted octanol–water partition coefficient (Wildman–Crippen LogP) is 2.58. The van der Waals surface area contributed by atoms with Crippen LogP contribution in [0, 0.1) is 11.3 Å². The largest absolute Gasteiger partial charge is 0.393 e. The van der Waals surface area contributed by atoms with Gasteiger partial charge in [0.1, 0.15) is 0 Å². The summed E-state index contributed by atoms with van der Waals surface area (Å²) >= 11 is 0. The monoisotopic (exact) mass is 156 g/mol. The van der Waals surface area contributed by atoms with Gasteiger partial charge in [-0.25, -0.2) is 0 Å². The van der Waals surface area contributed by atoms with Crippen molar-refractivity contribution in [2.45, 2.75) is 52.6 Å². The summed E-state index contributed by atoms with van der Waals surface area (Å²) in [5.41, 5.74) is 0.390. The van der Waals surface area contributed by atoms with E-state index in [0.29, 0.717) is 5.41 Å². The lowest BCUT2D eigenvalue weighted by molar-refractivity contribution is 0.0586. The van der Waals surface area contributed by atoms with Gasteiger partial charge in [-0.1, -0.05) is 27.2 Å². The van der Waals surface area contributed by atoms with Crippen LogP contribution in [-0.2, 0) is 0 Å². The van der Waals surface area contributed by atoms with Crippen molar-refractivity contribution < 1.29 is 5.11 Å². The standard InChI is InChI=1S/C10H20O/c1-10(2,3)8-5-4-6-9(11)7-8/h8-9,11H,4-7H2,1-3H3/t8-,9?/m1/s1. The molecule has 1 saturated carbocycles. The third-order valence-electron chi connectivity index (χ3n) is 2.87. The van der Waals surface area contributed by atoms with Gasteiger partial charge < -0.3 is 5.11 Å². The van der Waals surface area contributed by atoms with Crippen molar-refractivity contribution in [1.82, 2.24) is 0 Å². The van der Waals surface area contributed by atoms with Gasteiger partial charge in [-0.15, -0.1) is 0 Å². The van der Waals surface area contributed by atoms with Gasteiger partial charge in [-0.2, -0.15) is 0 Å². The molecule has 1 heteroatoms. The first-order valence-electron chi connectivity index (χ1n) is 4.68. The molecule has 0 aliphatic heterocycles. The van der Waals surface area contributed by atoms with Crippen LogP contribution >= 0.6 is 0 Å². The Balaban J connectivity index is 2.46. The van der Waals surface area contributed by atoms with Crippen molar-refractivity contribution >= 4 is 0 Å². The molecule has 66 valence electrons. The Kier molecular flexibility index (Phi) is 2.58. The van der Waals surface area contributed by atoms with Gasteiger partial charge >= 0.3 is 0 Å². The highest BCUT2D eigenvalue weighted by molar-refractivity contribution is 4.80. The van der Waals surface area contributed by atoms with Crippen molar-refractivity contribution in [2.75, 3.05) is 0 Å². The fourth-order valence-corrected chi connectivity index (χ4v) is 1.95. The first-order valence-corrected chi connectivity index (χ1v) is 4.68. The lowest BCUT2D eigenvalue weighted by Gasteiger charge is -2.35. The van der Waals surface area contributed by atoms with Crippen LogP contribution in [0.3, 0.4) is 0 Å². The maximum atomic E-state index is 9.44. The molecular weight excluding hydrogens is 136 g/mol. The minimum Gasteiger partial charge on any atom is -0.393 e. The number of hydrogen-bond donors (Lipinski definition) is 1. The maximum absolute atomic E-state index is 9.44. The van der Waals surface area contributed by atoms with Gasteiger partial charge in [0.05, 0.1) is 6.10 Å². The molecule has 1 fully saturated rings. The third-order valence-corrected chi connectivity index (χ3v) is 2.87. The molecule has 1 rings (SSSR count). The zero-order chi connectivity index (χ0) is 8.48.